The van der Waals surface area contributed by atoms with Gasteiger partial charge in [0.15, 0.2) is 0 Å². The normalized spacial score (nSPS) is 17.7. The summed E-state index contributed by atoms with van der Waals surface area (Å²) < 4.78 is 0.225. The van der Waals surface area contributed by atoms with Crippen LogP contribution in [0.3, 0.4) is 0 Å². The molecule has 0 saturated heterocycles. The fraction of sp³-hybridized carbons (Fsp3) is 0.318. The van der Waals surface area contributed by atoms with Crippen LogP contribution in [0.1, 0.15) is 45.2 Å². The third-order valence-corrected chi connectivity index (χ3v) is 5.87. The average molecular weight is 367 g/mol. The highest BCUT2D eigenvalue weighted by Crippen LogP contribution is 2.51. The lowest BCUT2D eigenvalue weighted by molar-refractivity contribution is -0.111. The molecule has 136 valence electrons. The van der Waals surface area contributed by atoms with E-state index in [1.165, 1.54) is 10.5 Å². The van der Waals surface area contributed by atoms with E-state index < -0.39 is 0 Å². The van der Waals surface area contributed by atoms with E-state index in [4.69, 9.17) is 5.73 Å². The largest absolute Gasteiger partial charge is 0.399 e. The minimum atomic E-state index is -0.136. The van der Waals surface area contributed by atoms with Gasteiger partial charge in [-0.05, 0) is 59.4 Å². The monoisotopic (exact) mass is 366 g/mol. The van der Waals surface area contributed by atoms with Crippen LogP contribution in [0.4, 0.5) is 11.4 Å². The number of amides is 1. The molecular formula is C22H26N2OS. The van der Waals surface area contributed by atoms with Crippen molar-refractivity contribution >= 4 is 35.1 Å². The van der Waals surface area contributed by atoms with E-state index in [2.05, 4.69) is 45.1 Å². The zero-order valence-electron chi connectivity index (χ0n) is 15.8. The highest BCUT2D eigenvalue weighted by atomic mass is 32.2. The molecule has 3 rings (SSSR count). The molecule has 0 radical (unpaired) electrons. The first-order valence-electron chi connectivity index (χ1n) is 8.83. The highest BCUT2D eigenvalue weighted by Gasteiger charge is 2.38. The predicted molar refractivity (Wildman–Crippen MR) is 113 cm³/mol. The quantitative estimate of drug-likeness (QED) is 0.559. The third-order valence-electron chi connectivity index (χ3n) is 4.59. The van der Waals surface area contributed by atoms with Gasteiger partial charge >= 0.3 is 0 Å². The summed E-state index contributed by atoms with van der Waals surface area (Å²) in [7, 11) is 0. The van der Waals surface area contributed by atoms with Crippen LogP contribution in [0, 0.1) is 0 Å². The number of fused-ring (bicyclic) bond motifs is 1. The molecule has 26 heavy (non-hydrogen) atoms. The first-order valence-corrected chi connectivity index (χ1v) is 9.64. The summed E-state index contributed by atoms with van der Waals surface area (Å²) in [5.41, 5.74) is 9.56. The van der Waals surface area contributed by atoms with Crippen molar-refractivity contribution in [3.05, 3.63) is 59.7 Å². The summed E-state index contributed by atoms with van der Waals surface area (Å²) in [6.07, 6.45) is 4.44. The van der Waals surface area contributed by atoms with Crippen molar-refractivity contribution in [2.45, 2.75) is 49.2 Å². The van der Waals surface area contributed by atoms with Gasteiger partial charge in [-0.1, -0.05) is 39.8 Å². The van der Waals surface area contributed by atoms with Gasteiger partial charge in [0.2, 0.25) is 5.91 Å². The Labute approximate surface area is 160 Å². The minimum Gasteiger partial charge on any atom is -0.399 e. The molecule has 3 nitrogen and oxygen atoms in total. The van der Waals surface area contributed by atoms with E-state index in [9.17, 15) is 4.79 Å². The molecule has 0 fully saturated rings. The maximum Gasteiger partial charge on any atom is 0.248 e. The minimum absolute atomic E-state index is 0.0879. The number of anilines is 2. The first-order chi connectivity index (χ1) is 12.1. The molecule has 2 aromatic carbocycles. The maximum absolute atomic E-state index is 12.3. The molecule has 4 heteroatoms. The Balaban J connectivity index is 1.75. The van der Waals surface area contributed by atoms with E-state index in [0.29, 0.717) is 5.69 Å². The number of nitrogens with one attached hydrogen (secondary N) is 1. The lowest BCUT2D eigenvalue weighted by Crippen LogP contribution is -2.33. The molecule has 1 aliphatic heterocycles. The number of rotatable bonds is 3. The number of carbonyl (C=O) groups excluding carboxylic acids is 1. The van der Waals surface area contributed by atoms with Crippen LogP contribution in [0.15, 0.2) is 53.4 Å². The Morgan fingerprint density at radius 1 is 1.12 bits per heavy atom. The van der Waals surface area contributed by atoms with Crippen molar-refractivity contribution in [1.82, 2.24) is 0 Å². The van der Waals surface area contributed by atoms with Crippen LogP contribution in [-0.4, -0.2) is 10.7 Å². The first kappa shape index (κ1) is 18.6. The summed E-state index contributed by atoms with van der Waals surface area (Å²) in [5, 5.41) is 2.97. The third kappa shape index (κ3) is 4.31. The van der Waals surface area contributed by atoms with Crippen molar-refractivity contribution in [1.29, 1.82) is 0 Å². The average Bonchev–Trinajstić information content (AvgIpc) is 2.53. The van der Waals surface area contributed by atoms with Gasteiger partial charge in [0.05, 0.1) is 0 Å². The number of benzene rings is 2. The lowest BCUT2D eigenvalue weighted by atomic mass is 9.77. The summed E-state index contributed by atoms with van der Waals surface area (Å²) in [4.78, 5) is 13.6. The Morgan fingerprint density at radius 2 is 1.81 bits per heavy atom. The number of thioether (sulfide) groups is 1. The zero-order valence-corrected chi connectivity index (χ0v) is 16.6. The number of nitrogen functional groups attached to an aromatic ring is 1. The number of hydrogen-bond acceptors (Lipinski definition) is 3. The molecular weight excluding hydrogens is 340 g/mol. The molecule has 0 aromatic heterocycles. The SMILES string of the molecule is CC1(C)CC(C)(C)c2cc(NC(=O)/C=C/c3ccc(N)cc3)ccc2S1. The smallest absolute Gasteiger partial charge is 0.248 e. The second-order valence-corrected chi connectivity index (χ2v) is 9.87. The molecule has 0 unspecified atom stereocenters. The van der Waals surface area contributed by atoms with Gasteiger partial charge in [-0.3, -0.25) is 4.79 Å². The fourth-order valence-corrected chi connectivity index (χ4v) is 5.29. The van der Waals surface area contributed by atoms with E-state index in [1.54, 1.807) is 12.2 Å². The van der Waals surface area contributed by atoms with Crippen molar-refractivity contribution in [2.75, 3.05) is 11.1 Å². The number of nitrogens with two attached hydrogens (primary N) is 1. The Morgan fingerprint density at radius 3 is 2.50 bits per heavy atom. The number of hydrogen-bond donors (Lipinski definition) is 2. The highest BCUT2D eigenvalue weighted by molar-refractivity contribution is 8.00. The van der Waals surface area contributed by atoms with Gasteiger partial charge < -0.3 is 11.1 Å². The second-order valence-electron chi connectivity index (χ2n) is 8.12. The Bertz CT molecular complexity index is 851. The standard InChI is InChI=1S/C22H26N2OS/c1-21(2)14-22(3,4)26-19-11-10-17(13-18(19)21)24-20(25)12-7-15-5-8-16(23)9-6-15/h5-13H,14,23H2,1-4H3,(H,24,25)/b12-7+. The van der Waals surface area contributed by atoms with Crippen molar-refractivity contribution in [3.63, 3.8) is 0 Å². The van der Waals surface area contributed by atoms with Crippen molar-refractivity contribution in [3.8, 4) is 0 Å². The Kier molecular flexibility index (Phi) is 4.89. The molecule has 2 aromatic rings. The molecule has 1 amide bonds. The number of carbonyl (C=O) groups is 1. The zero-order chi connectivity index (χ0) is 18.9. The fourth-order valence-electron chi connectivity index (χ4n) is 3.68. The predicted octanol–water partition coefficient (Wildman–Crippen LogP) is 5.47. The summed E-state index contributed by atoms with van der Waals surface area (Å²) >= 11 is 1.92. The molecule has 0 atom stereocenters. The topological polar surface area (TPSA) is 55.1 Å². The van der Waals surface area contributed by atoms with Gasteiger partial charge in [-0.25, -0.2) is 0 Å². The summed E-state index contributed by atoms with van der Waals surface area (Å²) in [6.45, 7) is 9.14. The van der Waals surface area contributed by atoms with Crippen LogP contribution in [0.2, 0.25) is 0 Å². The van der Waals surface area contributed by atoms with Gasteiger partial charge in [-0.2, -0.15) is 0 Å². The van der Waals surface area contributed by atoms with Crippen LogP contribution < -0.4 is 11.1 Å². The summed E-state index contributed by atoms with van der Waals surface area (Å²) in [6, 6.07) is 13.6. The lowest BCUT2D eigenvalue weighted by Gasteiger charge is -2.41. The molecule has 0 aliphatic carbocycles. The van der Waals surface area contributed by atoms with Gasteiger partial charge in [-0.15, -0.1) is 11.8 Å². The van der Waals surface area contributed by atoms with Gasteiger partial charge in [0.1, 0.15) is 0 Å². The second kappa shape index (κ2) is 6.84. The maximum atomic E-state index is 12.3. The van der Waals surface area contributed by atoms with E-state index in [0.717, 1.165) is 17.7 Å². The molecule has 3 N–H and O–H groups in total. The van der Waals surface area contributed by atoms with Crippen LogP contribution in [-0.2, 0) is 10.2 Å². The van der Waals surface area contributed by atoms with Crippen LogP contribution in [0.25, 0.3) is 6.08 Å². The van der Waals surface area contributed by atoms with E-state index in [1.807, 2.05) is 42.1 Å². The van der Waals surface area contributed by atoms with Crippen molar-refractivity contribution < 1.29 is 4.79 Å². The van der Waals surface area contributed by atoms with E-state index in [-0.39, 0.29) is 16.1 Å². The molecule has 0 spiro atoms. The summed E-state index contributed by atoms with van der Waals surface area (Å²) in [5.74, 6) is -0.136. The van der Waals surface area contributed by atoms with Crippen LogP contribution >= 0.6 is 11.8 Å². The Hall–Kier alpha value is -2.20. The van der Waals surface area contributed by atoms with Crippen molar-refractivity contribution in [2.24, 2.45) is 0 Å². The van der Waals surface area contributed by atoms with E-state index >= 15 is 0 Å². The molecule has 1 aliphatic rings. The van der Waals surface area contributed by atoms with Gasteiger partial charge in [0, 0.05) is 27.1 Å². The molecule has 0 bridgehead atoms. The molecule has 1 heterocycles. The van der Waals surface area contributed by atoms with Crippen LogP contribution in [0.5, 0.6) is 0 Å². The molecule has 0 saturated carbocycles. The van der Waals surface area contributed by atoms with Gasteiger partial charge in [0.25, 0.3) is 0 Å².